The number of carbonyl (C=O) groups excluding carboxylic acids is 1. The zero-order valence-corrected chi connectivity index (χ0v) is 19.1. The number of anilines is 1. The molecule has 26 heavy (non-hydrogen) atoms. The molecule has 0 aliphatic heterocycles. The van der Waals surface area contributed by atoms with Gasteiger partial charge in [0.2, 0.25) is 5.91 Å². The Morgan fingerprint density at radius 2 is 1.92 bits per heavy atom. The van der Waals surface area contributed by atoms with Gasteiger partial charge in [0.1, 0.15) is 0 Å². The van der Waals surface area contributed by atoms with E-state index in [4.69, 9.17) is 0 Å². The smallest absolute Gasteiger partial charge is 0.221 e. The highest BCUT2D eigenvalue weighted by molar-refractivity contribution is 14.0. The average Bonchev–Trinajstić information content (AvgIpc) is 2.52. The van der Waals surface area contributed by atoms with Gasteiger partial charge in [0.25, 0.3) is 0 Å². The fourth-order valence-corrected chi connectivity index (χ4v) is 2.58. The van der Waals surface area contributed by atoms with Crippen molar-refractivity contribution in [2.45, 2.75) is 66.5 Å². The number of guanidine groups is 1. The topological polar surface area (TPSA) is 65.5 Å². The summed E-state index contributed by atoms with van der Waals surface area (Å²) in [4.78, 5) is 15.8. The minimum atomic E-state index is -0.0640. The Balaban J connectivity index is 0.00000625. The van der Waals surface area contributed by atoms with Crippen molar-refractivity contribution in [3.63, 3.8) is 0 Å². The fraction of sp³-hybridized carbons (Fsp3) is 0.600. The van der Waals surface area contributed by atoms with Crippen molar-refractivity contribution < 1.29 is 4.79 Å². The average molecular weight is 474 g/mol. The van der Waals surface area contributed by atoms with E-state index in [9.17, 15) is 4.79 Å². The number of halogens is 1. The normalized spacial score (nSPS) is 12.3. The summed E-state index contributed by atoms with van der Waals surface area (Å²) in [7, 11) is 0. The van der Waals surface area contributed by atoms with Crippen LogP contribution in [0.5, 0.6) is 0 Å². The van der Waals surface area contributed by atoms with E-state index in [0.717, 1.165) is 36.1 Å². The standard InChI is InChI=1S/C20H34N4O.HI/c1-6-21-20(23-16(4)10-7-9-15(2)3)22-14-18-11-8-12-19(13-18)24-17(5)25;/h8,11-13,15-16H,6-7,9-10,14H2,1-5H3,(H,24,25)(H2,21,22,23);1H. The van der Waals surface area contributed by atoms with E-state index in [0.29, 0.717) is 12.6 Å². The molecule has 0 saturated carbocycles. The van der Waals surface area contributed by atoms with Gasteiger partial charge < -0.3 is 16.0 Å². The van der Waals surface area contributed by atoms with Crippen LogP contribution in [0.15, 0.2) is 29.3 Å². The predicted molar refractivity (Wildman–Crippen MR) is 122 cm³/mol. The van der Waals surface area contributed by atoms with Crippen LogP contribution in [0, 0.1) is 5.92 Å². The maximum atomic E-state index is 11.2. The zero-order valence-electron chi connectivity index (χ0n) is 16.8. The molecule has 0 aliphatic carbocycles. The van der Waals surface area contributed by atoms with E-state index in [-0.39, 0.29) is 29.9 Å². The summed E-state index contributed by atoms with van der Waals surface area (Å²) in [6, 6.07) is 8.19. The third-order valence-electron chi connectivity index (χ3n) is 3.81. The van der Waals surface area contributed by atoms with Crippen molar-refractivity contribution in [2.75, 3.05) is 11.9 Å². The zero-order chi connectivity index (χ0) is 18.7. The van der Waals surface area contributed by atoms with Crippen LogP contribution >= 0.6 is 24.0 Å². The first-order valence-electron chi connectivity index (χ1n) is 9.32. The molecule has 3 N–H and O–H groups in total. The maximum absolute atomic E-state index is 11.2. The quantitative estimate of drug-likeness (QED) is 0.280. The van der Waals surface area contributed by atoms with E-state index in [1.807, 2.05) is 24.3 Å². The molecule has 0 fully saturated rings. The van der Waals surface area contributed by atoms with Gasteiger partial charge in [-0.1, -0.05) is 38.8 Å². The molecule has 0 saturated heterocycles. The predicted octanol–water partition coefficient (Wildman–Crippen LogP) is 4.53. The van der Waals surface area contributed by atoms with E-state index in [2.05, 4.69) is 48.6 Å². The number of rotatable bonds is 9. The summed E-state index contributed by atoms with van der Waals surface area (Å²) < 4.78 is 0. The number of benzene rings is 1. The lowest BCUT2D eigenvalue weighted by Gasteiger charge is -2.18. The maximum Gasteiger partial charge on any atom is 0.221 e. The van der Waals surface area contributed by atoms with Gasteiger partial charge in [0.05, 0.1) is 6.54 Å². The Hall–Kier alpha value is -1.31. The van der Waals surface area contributed by atoms with Crippen LogP contribution in [0.1, 0.15) is 59.4 Å². The van der Waals surface area contributed by atoms with Gasteiger partial charge in [-0.25, -0.2) is 4.99 Å². The molecule has 1 atom stereocenters. The molecule has 0 heterocycles. The van der Waals surface area contributed by atoms with Crippen molar-refractivity contribution in [3.8, 4) is 0 Å². The lowest BCUT2D eigenvalue weighted by molar-refractivity contribution is -0.114. The molecule has 1 amide bonds. The molecule has 0 spiro atoms. The highest BCUT2D eigenvalue weighted by atomic mass is 127. The van der Waals surface area contributed by atoms with Crippen LogP contribution in [-0.2, 0) is 11.3 Å². The van der Waals surface area contributed by atoms with Crippen LogP contribution in [-0.4, -0.2) is 24.5 Å². The summed E-state index contributed by atoms with van der Waals surface area (Å²) in [5, 5.41) is 9.58. The molecule has 0 aliphatic rings. The second-order valence-electron chi connectivity index (χ2n) is 6.95. The molecule has 1 aromatic carbocycles. The van der Waals surface area contributed by atoms with Crippen molar-refractivity contribution in [1.82, 2.24) is 10.6 Å². The number of nitrogens with one attached hydrogen (secondary N) is 3. The molecular formula is C20H35IN4O. The van der Waals surface area contributed by atoms with Crippen LogP contribution in [0.2, 0.25) is 0 Å². The SMILES string of the molecule is CCNC(=NCc1cccc(NC(C)=O)c1)NC(C)CCCC(C)C.I. The molecule has 0 aromatic heterocycles. The van der Waals surface area contributed by atoms with Gasteiger partial charge in [-0.2, -0.15) is 0 Å². The Morgan fingerprint density at radius 1 is 1.19 bits per heavy atom. The Bertz CT molecular complexity index is 560. The van der Waals surface area contributed by atoms with E-state index in [1.165, 1.54) is 19.8 Å². The molecule has 1 rings (SSSR count). The minimum Gasteiger partial charge on any atom is -0.357 e. The highest BCUT2D eigenvalue weighted by Gasteiger charge is 2.06. The third kappa shape index (κ3) is 11.3. The number of aliphatic imine (C=N–C) groups is 1. The minimum absolute atomic E-state index is 0. The first-order chi connectivity index (χ1) is 11.9. The summed E-state index contributed by atoms with van der Waals surface area (Å²) in [5.41, 5.74) is 1.87. The monoisotopic (exact) mass is 474 g/mol. The molecule has 1 unspecified atom stereocenters. The van der Waals surface area contributed by atoms with Gasteiger partial charge in [0, 0.05) is 25.2 Å². The van der Waals surface area contributed by atoms with E-state index in [1.54, 1.807) is 0 Å². The Morgan fingerprint density at radius 3 is 2.54 bits per heavy atom. The van der Waals surface area contributed by atoms with Crippen molar-refractivity contribution >= 4 is 41.5 Å². The first-order valence-corrected chi connectivity index (χ1v) is 9.32. The van der Waals surface area contributed by atoms with Gasteiger partial charge >= 0.3 is 0 Å². The van der Waals surface area contributed by atoms with Crippen molar-refractivity contribution in [3.05, 3.63) is 29.8 Å². The summed E-state index contributed by atoms with van der Waals surface area (Å²) >= 11 is 0. The fourth-order valence-electron chi connectivity index (χ4n) is 2.58. The summed E-state index contributed by atoms with van der Waals surface area (Å²) in [6.07, 6.45) is 3.63. The summed E-state index contributed by atoms with van der Waals surface area (Å²) in [6.45, 7) is 11.7. The lowest BCUT2D eigenvalue weighted by atomic mass is 10.0. The van der Waals surface area contributed by atoms with Gasteiger partial charge in [-0.15, -0.1) is 24.0 Å². The van der Waals surface area contributed by atoms with Crippen molar-refractivity contribution in [1.29, 1.82) is 0 Å². The number of hydrogen-bond donors (Lipinski definition) is 3. The van der Waals surface area contributed by atoms with E-state index < -0.39 is 0 Å². The molecule has 0 bridgehead atoms. The highest BCUT2D eigenvalue weighted by Crippen LogP contribution is 2.12. The van der Waals surface area contributed by atoms with Gasteiger partial charge in [0.15, 0.2) is 5.96 Å². The van der Waals surface area contributed by atoms with Crippen LogP contribution < -0.4 is 16.0 Å². The number of nitrogens with zero attached hydrogens (tertiary/aromatic N) is 1. The largest absolute Gasteiger partial charge is 0.357 e. The second kappa shape index (κ2) is 13.8. The van der Waals surface area contributed by atoms with E-state index >= 15 is 0 Å². The van der Waals surface area contributed by atoms with Gasteiger partial charge in [-0.05, 0) is 43.9 Å². The lowest BCUT2D eigenvalue weighted by Crippen LogP contribution is -2.42. The molecule has 148 valence electrons. The molecule has 6 heteroatoms. The van der Waals surface area contributed by atoms with Crippen LogP contribution in [0.4, 0.5) is 5.69 Å². The summed E-state index contributed by atoms with van der Waals surface area (Å²) in [5.74, 6) is 1.53. The number of carbonyl (C=O) groups is 1. The third-order valence-corrected chi connectivity index (χ3v) is 3.81. The Kier molecular flexibility index (Phi) is 13.1. The molecule has 5 nitrogen and oxygen atoms in total. The van der Waals surface area contributed by atoms with Crippen molar-refractivity contribution in [2.24, 2.45) is 10.9 Å². The molecule has 1 aromatic rings. The molecule has 0 radical (unpaired) electrons. The van der Waals surface area contributed by atoms with Gasteiger partial charge in [-0.3, -0.25) is 4.79 Å². The Labute approximate surface area is 175 Å². The number of hydrogen-bond acceptors (Lipinski definition) is 2. The van der Waals surface area contributed by atoms with Crippen LogP contribution in [0.25, 0.3) is 0 Å². The van der Waals surface area contributed by atoms with Crippen LogP contribution in [0.3, 0.4) is 0 Å². The molecular weight excluding hydrogens is 439 g/mol. The second-order valence-corrected chi connectivity index (χ2v) is 6.95. The number of amides is 1. The first kappa shape index (κ1) is 24.7.